The van der Waals surface area contributed by atoms with Crippen LogP contribution in [0.15, 0.2) is 30.3 Å². The summed E-state index contributed by atoms with van der Waals surface area (Å²) in [5.41, 5.74) is 1.92. The smallest absolute Gasteiger partial charge is 0.0981 e. The van der Waals surface area contributed by atoms with Crippen molar-refractivity contribution in [3.8, 4) is 0 Å². The van der Waals surface area contributed by atoms with Crippen LogP contribution in [0.3, 0.4) is 0 Å². The molecule has 0 bridgehead atoms. The van der Waals surface area contributed by atoms with Crippen LogP contribution in [0.5, 0.6) is 0 Å². The third-order valence-electron chi connectivity index (χ3n) is 3.03. The van der Waals surface area contributed by atoms with Crippen molar-refractivity contribution in [2.75, 3.05) is 6.61 Å². The Kier molecular flexibility index (Phi) is 5.27. The number of hydrogen-bond donors (Lipinski definition) is 0. The van der Waals surface area contributed by atoms with E-state index in [1.54, 1.807) is 0 Å². The predicted octanol–water partition coefficient (Wildman–Crippen LogP) is 4.19. The van der Waals surface area contributed by atoms with Crippen molar-refractivity contribution >= 4 is 15.9 Å². The molecule has 0 aliphatic carbocycles. The van der Waals surface area contributed by atoms with Gasteiger partial charge in [-0.1, -0.05) is 42.6 Å². The van der Waals surface area contributed by atoms with Crippen molar-refractivity contribution in [3.05, 3.63) is 35.9 Å². The summed E-state index contributed by atoms with van der Waals surface area (Å²) in [7, 11) is 0.291. The van der Waals surface area contributed by atoms with Crippen molar-refractivity contribution in [1.82, 2.24) is 0 Å². The van der Waals surface area contributed by atoms with E-state index >= 15 is 0 Å². The molecule has 2 unspecified atom stereocenters. The van der Waals surface area contributed by atoms with Gasteiger partial charge in [-0.3, -0.25) is 0 Å². The molecule has 1 aromatic carbocycles. The summed E-state index contributed by atoms with van der Waals surface area (Å²) in [6, 6.07) is 10.8. The molecule has 1 aliphatic rings. The van der Waals surface area contributed by atoms with Gasteiger partial charge in [0, 0.05) is 12.4 Å². The molecule has 2 rings (SSSR count). The molecular formula is C15H22OS. The minimum atomic E-state index is 0.291. The summed E-state index contributed by atoms with van der Waals surface area (Å²) in [5, 5.41) is 2.46. The van der Waals surface area contributed by atoms with Gasteiger partial charge in [-0.05, 0) is 31.2 Å². The SMILES string of the molecule is CCC=S(Cc1ccccc1)C1CCCCO1. The molecule has 1 nitrogen and oxygen atoms in total. The second-order valence-corrected chi connectivity index (χ2v) is 6.56. The molecule has 17 heavy (non-hydrogen) atoms. The highest BCUT2D eigenvalue weighted by Gasteiger charge is 2.17. The van der Waals surface area contributed by atoms with Gasteiger partial charge in [0.05, 0.1) is 5.44 Å². The molecule has 1 aromatic rings. The fourth-order valence-corrected chi connectivity index (χ4v) is 4.45. The van der Waals surface area contributed by atoms with Crippen LogP contribution in [0.1, 0.15) is 38.2 Å². The zero-order valence-corrected chi connectivity index (χ0v) is 11.4. The van der Waals surface area contributed by atoms with E-state index in [0.29, 0.717) is 15.9 Å². The predicted molar refractivity (Wildman–Crippen MR) is 77.7 cm³/mol. The van der Waals surface area contributed by atoms with Crippen molar-refractivity contribution < 1.29 is 4.74 Å². The van der Waals surface area contributed by atoms with Gasteiger partial charge in [-0.2, -0.15) is 10.5 Å². The Balaban J connectivity index is 2.04. The second kappa shape index (κ2) is 6.97. The average Bonchev–Trinajstić information content (AvgIpc) is 2.40. The molecule has 0 saturated carbocycles. The van der Waals surface area contributed by atoms with E-state index < -0.39 is 0 Å². The topological polar surface area (TPSA) is 9.23 Å². The normalized spacial score (nSPS) is 22.5. The van der Waals surface area contributed by atoms with Gasteiger partial charge in [0.2, 0.25) is 0 Å². The largest absolute Gasteiger partial charge is 0.368 e. The fourth-order valence-electron chi connectivity index (χ4n) is 2.19. The van der Waals surface area contributed by atoms with Crippen molar-refractivity contribution in [1.29, 1.82) is 0 Å². The third-order valence-corrected chi connectivity index (χ3v) is 5.51. The Morgan fingerprint density at radius 1 is 1.29 bits per heavy atom. The van der Waals surface area contributed by atoms with E-state index in [-0.39, 0.29) is 0 Å². The Hall–Kier alpha value is -0.600. The highest BCUT2D eigenvalue weighted by Crippen LogP contribution is 2.32. The first-order valence-electron chi connectivity index (χ1n) is 6.57. The number of hydrogen-bond acceptors (Lipinski definition) is 1. The van der Waals surface area contributed by atoms with E-state index in [9.17, 15) is 0 Å². The lowest BCUT2D eigenvalue weighted by molar-refractivity contribution is 0.0724. The molecule has 1 heterocycles. The molecule has 1 fully saturated rings. The standard InChI is InChI=1S/C15H22OS/c1-2-12-17(15-10-6-7-11-16-15)13-14-8-4-3-5-9-14/h3-5,8-9,12,15H,2,6-7,10-11,13H2,1H3. The van der Waals surface area contributed by atoms with Crippen molar-refractivity contribution in [2.24, 2.45) is 0 Å². The molecule has 94 valence electrons. The molecule has 0 radical (unpaired) electrons. The highest BCUT2D eigenvalue weighted by atomic mass is 32.2. The van der Waals surface area contributed by atoms with Gasteiger partial charge < -0.3 is 4.74 Å². The van der Waals surface area contributed by atoms with Crippen LogP contribution in [-0.2, 0) is 10.5 Å². The summed E-state index contributed by atoms with van der Waals surface area (Å²) >= 11 is 0. The molecule has 1 saturated heterocycles. The lowest BCUT2D eigenvalue weighted by Gasteiger charge is -2.26. The van der Waals surface area contributed by atoms with Gasteiger partial charge in [-0.15, -0.1) is 0 Å². The summed E-state index contributed by atoms with van der Waals surface area (Å²) in [6.45, 7) is 3.19. The van der Waals surface area contributed by atoms with Crippen LogP contribution in [0.25, 0.3) is 0 Å². The zero-order valence-electron chi connectivity index (χ0n) is 10.6. The van der Waals surface area contributed by atoms with E-state index in [2.05, 4.69) is 42.6 Å². The summed E-state index contributed by atoms with van der Waals surface area (Å²) < 4.78 is 5.95. The Labute approximate surface area is 107 Å². The number of rotatable bonds is 4. The first kappa shape index (κ1) is 12.8. The van der Waals surface area contributed by atoms with Crippen molar-refractivity contribution in [3.63, 3.8) is 0 Å². The van der Waals surface area contributed by atoms with E-state index in [1.165, 1.54) is 24.8 Å². The molecule has 0 spiro atoms. The van der Waals surface area contributed by atoms with Crippen LogP contribution in [0.4, 0.5) is 0 Å². The summed E-state index contributed by atoms with van der Waals surface area (Å²) in [4.78, 5) is 0. The molecule has 0 amide bonds. The lowest BCUT2D eigenvalue weighted by atomic mass is 10.2. The fraction of sp³-hybridized carbons (Fsp3) is 0.533. The van der Waals surface area contributed by atoms with Crippen LogP contribution in [-0.4, -0.2) is 17.4 Å². The van der Waals surface area contributed by atoms with E-state index in [0.717, 1.165) is 18.8 Å². The lowest BCUT2D eigenvalue weighted by Crippen LogP contribution is -2.18. The van der Waals surface area contributed by atoms with Crippen LogP contribution >= 0.6 is 10.5 Å². The first-order chi connectivity index (χ1) is 8.40. The molecule has 0 aromatic heterocycles. The van der Waals surface area contributed by atoms with Gasteiger partial charge in [0.25, 0.3) is 0 Å². The molecule has 2 heteroatoms. The Bertz CT molecular complexity index is 352. The zero-order chi connectivity index (χ0) is 11.9. The number of benzene rings is 1. The van der Waals surface area contributed by atoms with Gasteiger partial charge in [0.1, 0.15) is 0 Å². The van der Waals surface area contributed by atoms with Crippen LogP contribution < -0.4 is 0 Å². The Morgan fingerprint density at radius 2 is 2.12 bits per heavy atom. The van der Waals surface area contributed by atoms with Crippen LogP contribution in [0, 0.1) is 0 Å². The first-order valence-corrected chi connectivity index (χ1v) is 8.09. The molecule has 1 aliphatic heterocycles. The monoisotopic (exact) mass is 250 g/mol. The molecular weight excluding hydrogens is 228 g/mol. The summed E-state index contributed by atoms with van der Waals surface area (Å²) in [5.74, 6) is 1.15. The van der Waals surface area contributed by atoms with Gasteiger partial charge >= 0.3 is 0 Å². The summed E-state index contributed by atoms with van der Waals surface area (Å²) in [6.07, 6.45) is 4.97. The number of ether oxygens (including phenoxy) is 1. The molecule has 0 N–H and O–H groups in total. The van der Waals surface area contributed by atoms with E-state index in [4.69, 9.17) is 4.74 Å². The van der Waals surface area contributed by atoms with Gasteiger partial charge in [0.15, 0.2) is 0 Å². The second-order valence-electron chi connectivity index (χ2n) is 4.47. The highest BCUT2D eigenvalue weighted by molar-refractivity contribution is 8.14. The Morgan fingerprint density at radius 3 is 2.76 bits per heavy atom. The quantitative estimate of drug-likeness (QED) is 0.728. The maximum atomic E-state index is 5.95. The van der Waals surface area contributed by atoms with Gasteiger partial charge in [-0.25, -0.2) is 0 Å². The minimum absolute atomic E-state index is 0.291. The van der Waals surface area contributed by atoms with Crippen molar-refractivity contribution in [2.45, 2.75) is 43.8 Å². The molecule has 2 atom stereocenters. The third kappa shape index (κ3) is 3.97. The van der Waals surface area contributed by atoms with Crippen LogP contribution in [0.2, 0.25) is 0 Å². The van der Waals surface area contributed by atoms with E-state index in [1.807, 2.05) is 0 Å². The average molecular weight is 250 g/mol. The maximum absolute atomic E-state index is 5.95. The minimum Gasteiger partial charge on any atom is -0.368 e. The maximum Gasteiger partial charge on any atom is 0.0981 e.